The minimum Gasteiger partial charge on any atom is -0.372 e. The van der Waals surface area contributed by atoms with E-state index in [4.69, 9.17) is 14.5 Å². The topological polar surface area (TPSA) is 117 Å². The van der Waals surface area contributed by atoms with Gasteiger partial charge in [-0.3, -0.25) is 4.98 Å². The lowest BCUT2D eigenvalue weighted by Crippen LogP contribution is -2.50. The number of imidazole rings is 2. The fourth-order valence-corrected chi connectivity index (χ4v) is 6.77. The number of aromatic amines is 2. The molecule has 0 radical (unpaired) electrons. The molecule has 0 spiro atoms. The zero-order valence-electron chi connectivity index (χ0n) is 23.7. The van der Waals surface area contributed by atoms with E-state index in [0.717, 1.165) is 52.1 Å². The van der Waals surface area contributed by atoms with Crippen LogP contribution in [0.25, 0.3) is 22.2 Å². The molecule has 202 valence electrons. The lowest BCUT2D eigenvalue weighted by Gasteiger charge is -2.35. The quantitative estimate of drug-likeness (QED) is 0.233. The standard InChI is InChI=1S/C30H36N6O2Si/c1-17-25(18(2)38-36-17)20-14-21(26-22(15-20)33-27(35-26)19-11-12-19)30(37,23-10-8-9-13-31-23)28-32-16-24(34-28)39(6,7)29(3,4)5/h8-10,13-16,19,37H,11-12H2,1-7H3,(H,32,34)(H,33,35). The van der Waals surface area contributed by atoms with Gasteiger partial charge in [-0.05, 0) is 61.6 Å². The first kappa shape index (κ1) is 25.7. The van der Waals surface area contributed by atoms with Gasteiger partial charge in [0.05, 0.1) is 22.4 Å². The van der Waals surface area contributed by atoms with Crippen LogP contribution in [0.1, 0.15) is 73.9 Å². The van der Waals surface area contributed by atoms with Crippen LogP contribution in [-0.4, -0.2) is 43.3 Å². The molecule has 3 N–H and O–H groups in total. The van der Waals surface area contributed by atoms with Gasteiger partial charge in [0, 0.05) is 34.8 Å². The van der Waals surface area contributed by atoms with Crippen molar-refractivity contribution in [2.45, 2.75) is 77.1 Å². The number of rotatable bonds is 6. The highest BCUT2D eigenvalue weighted by Crippen LogP contribution is 2.44. The monoisotopic (exact) mass is 540 g/mol. The van der Waals surface area contributed by atoms with E-state index in [1.54, 1.807) is 6.20 Å². The number of fused-ring (bicyclic) bond motifs is 1. The van der Waals surface area contributed by atoms with Gasteiger partial charge in [0.15, 0.2) is 5.60 Å². The minimum absolute atomic E-state index is 0.0838. The summed E-state index contributed by atoms with van der Waals surface area (Å²) in [5, 5.41) is 18.2. The third kappa shape index (κ3) is 4.06. The first-order valence-electron chi connectivity index (χ1n) is 13.6. The van der Waals surface area contributed by atoms with Crippen LogP contribution in [0.4, 0.5) is 0 Å². The summed E-state index contributed by atoms with van der Waals surface area (Å²) in [4.78, 5) is 21.7. The molecule has 1 aliphatic carbocycles. The first-order valence-corrected chi connectivity index (χ1v) is 16.6. The number of pyridine rings is 1. The number of H-pyrrole nitrogens is 2. The Morgan fingerprint density at radius 3 is 2.46 bits per heavy atom. The van der Waals surface area contributed by atoms with Gasteiger partial charge in [0.1, 0.15) is 25.5 Å². The second-order valence-corrected chi connectivity index (χ2v) is 17.7. The van der Waals surface area contributed by atoms with Crippen molar-refractivity contribution in [3.05, 3.63) is 77.1 Å². The molecule has 6 rings (SSSR count). The number of nitrogens with one attached hydrogen (secondary N) is 2. The minimum atomic E-state index is -1.98. The molecule has 1 atom stereocenters. The number of hydrogen-bond acceptors (Lipinski definition) is 6. The highest BCUT2D eigenvalue weighted by atomic mass is 28.3. The van der Waals surface area contributed by atoms with Crippen LogP contribution in [0.15, 0.2) is 47.2 Å². The van der Waals surface area contributed by atoms with E-state index in [1.807, 2.05) is 44.3 Å². The van der Waals surface area contributed by atoms with Gasteiger partial charge in [-0.25, -0.2) is 9.97 Å². The van der Waals surface area contributed by atoms with Crippen LogP contribution < -0.4 is 5.32 Å². The van der Waals surface area contributed by atoms with Gasteiger partial charge in [-0.2, -0.15) is 0 Å². The van der Waals surface area contributed by atoms with E-state index < -0.39 is 13.7 Å². The Morgan fingerprint density at radius 2 is 1.85 bits per heavy atom. The summed E-state index contributed by atoms with van der Waals surface area (Å²) in [6, 6.07) is 9.66. The second-order valence-electron chi connectivity index (χ2n) is 12.5. The highest BCUT2D eigenvalue weighted by molar-refractivity contribution is 6.91. The molecule has 8 nitrogen and oxygen atoms in total. The number of benzene rings is 1. The van der Waals surface area contributed by atoms with Crippen molar-refractivity contribution in [1.82, 2.24) is 30.1 Å². The van der Waals surface area contributed by atoms with Crippen LogP contribution in [0.3, 0.4) is 0 Å². The van der Waals surface area contributed by atoms with Gasteiger partial charge in [0.2, 0.25) is 0 Å². The van der Waals surface area contributed by atoms with Crippen LogP contribution in [-0.2, 0) is 5.60 Å². The summed E-state index contributed by atoms with van der Waals surface area (Å²) in [6.07, 6.45) is 5.90. The molecule has 0 aliphatic heterocycles. The Labute approximate surface area is 229 Å². The Morgan fingerprint density at radius 1 is 1.08 bits per heavy atom. The zero-order chi connectivity index (χ0) is 27.7. The maximum atomic E-state index is 12.9. The predicted molar refractivity (Wildman–Crippen MR) is 155 cm³/mol. The molecule has 1 saturated carbocycles. The fourth-order valence-electron chi connectivity index (χ4n) is 5.18. The third-order valence-electron chi connectivity index (χ3n) is 8.75. The zero-order valence-corrected chi connectivity index (χ0v) is 24.7. The van der Waals surface area contributed by atoms with Crippen molar-refractivity contribution < 1.29 is 9.63 Å². The average molecular weight is 541 g/mol. The van der Waals surface area contributed by atoms with Crippen molar-refractivity contribution in [3.8, 4) is 11.1 Å². The van der Waals surface area contributed by atoms with Crippen molar-refractivity contribution >= 4 is 24.4 Å². The average Bonchev–Trinajstić information content (AvgIpc) is 3.29. The molecule has 1 fully saturated rings. The maximum Gasteiger partial charge on any atom is 0.192 e. The van der Waals surface area contributed by atoms with Crippen LogP contribution in [0.5, 0.6) is 0 Å². The van der Waals surface area contributed by atoms with Gasteiger partial charge in [0.25, 0.3) is 0 Å². The van der Waals surface area contributed by atoms with Gasteiger partial charge in [-0.15, -0.1) is 0 Å². The van der Waals surface area contributed by atoms with Crippen LogP contribution >= 0.6 is 0 Å². The Bertz CT molecular complexity index is 1650. The lowest BCUT2D eigenvalue weighted by molar-refractivity contribution is 0.113. The van der Waals surface area contributed by atoms with Crippen molar-refractivity contribution in [1.29, 1.82) is 0 Å². The van der Waals surface area contributed by atoms with Crippen LogP contribution in [0.2, 0.25) is 18.1 Å². The molecule has 0 amide bonds. The summed E-state index contributed by atoms with van der Waals surface area (Å²) >= 11 is 0. The molecule has 4 heterocycles. The fraction of sp³-hybridized carbons (Fsp3) is 0.400. The van der Waals surface area contributed by atoms with Gasteiger partial charge >= 0.3 is 0 Å². The molecule has 1 aliphatic rings. The largest absolute Gasteiger partial charge is 0.372 e. The van der Waals surface area contributed by atoms with E-state index in [-0.39, 0.29) is 5.04 Å². The van der Waals surface area contributed by atoms with E-state index in [0.29, 0.717) is 28.5 Å². The Kier molecular flexibility index (Phi) is 5.75. The summed E-state index contributed by atoms with van der Waals surface area (Å²) in [5.74, 6) is 2.53. The maximum absolute atomic E-state index is 12.9. The third-order valence-corrected chi connectivity index (χ3v) is 14.0. The lowest BCUT2D eigenvalue weighted by atomic mass is 9.85. The van der Waals surface area contributed by atoms with E-state index in [9.17, 15) is 5.11 Å². The normalized spacial score (nSPS) is 16.1. The summed E-state index contributed by atoms with van der Waals surface area (Å²) in [7, 11) is -1.98. The first-order chi connectivity index (χ1) is 18.4. The number of nitrogens with zero attached hydrogens (tertiary/aromatic N) is 4. The number of aliphatic hydroxyl groups is 1. The Balaban J connectivity index is 1.65. The number of aryl methyl sites for hydroxylation is 2. The van der Waals surface area contributed by atoms with E-state index >= 15 is 0 Å². The molecule has 0 saturated heterocycles. The molecule has 0 bridgehead atoms. The van der Waals surface area contributed by atoms with Gasteiger partial charge in [-0.1, -0.05) is 45.1 Å². The summed E-state index contributed by atoms with van der Waals surface area (Å²) in [6.45, 7) is 15.3. The molecule has 5 aromatic rings. The summed E-state index contributed by atoms with van der Waals surface area (Å²) in [5.41, 5.74) is 3.59. The van der Waals surface area contributed by atoms with Crippen molar-refractivity contribution in [2.75, 3.05) is 0 Å². The molecule has 1 aromatic carbocycles. The van der Waals surface area contributed by atoms with E-state index in [1.165, 1.54) is 0 Å². The second kappa shape index (κ2) is 8.72. The smallest absolute Gasteiger partial charge is 0.192 e. The number of aromatic nitrogens is 6. The molecular formula is C30H36N6O2Si. The molecule has 39 heavy (non-hydrogen) atoms. The van der Waals surface area contributed by atoms with Crippen LogP contribution in [0, 0.1) is 13.8 Å². The van der Waals surface area contributed by atoms with Gasteiger partial charge < -0.3 is 19.6 Å². The highest BCUT2D eigenvalue weighted by Gasteiger charge is 2.44. The Hall–Kier alpha value is -3.56. The molecule has 9 heteroatoms. The summed E-state index contributed by atoms with van der Waals surface area (Å²) < 4.78 is 5.52. The molecule has 4 aromatic heterocycles. The molecular weight excluding hydrogens is 504 g/mol. The molecule has 1 unspecified atom stereocenters. The van der Waals surface area contributed by atoms with E-state index in [2.05, 4.69) is 60.0 Å². The van der Waals surface area contributed by atoms with Crippen molar-refractivity contribution in [3.63, 3.8) is 0 Å². The predicted octanol–water partition coefficient (Wildman–Crippen LogP) is 5.83. The SMILES string of the molecule is Cc1noc(C)c1-c1cc(C(O)(c2ccccn2)c2nc([Si](C)(C)C(C)(C)C)c[nH]2)c2nc(C3CC3)[nH]c2c1. The number of hydrogen-bond donors (Lipinski definition) is 3. The van der Waals surface area contributed by atoms with Crippen molar-refractivity contribution in [2.24, 2.45) is 0 Å².